The summed E-state index contributed by atoms with van der Waals surface area (Å²) in [6.45, 7) is 0. The second-order valence-corrected chi connectivity index (χ2v) is 8.13. The molecule has 11 nitrogen and oxygen atoms in total. The second-order valence-electron chi connectivity index (χ2n) is 6.44. The summed E-state index contributed by atoms with van der Waals surface area (Å²) in [6.07, 6.45) is 1.18. The molecule has 0 aliphatic carbocycles. The number of nitrogens with one attached hydrogen (secondary N) is 2. The van der Waals surface area contributed by atoms with Crippen molar-refractivity contribution < 1.29 is 32.2 Å². The van der Waals surface area contributed by atoms with Crippen LogP contribution in [0.3, 0.4) is 0 Å². The van der Waals surface area contributed by atoms with E-state index in [-0.39, 0.29) is 22.2 Å². The van der Waals surface area contributed by atoms with Crippen LogP contribution in [0, 0.1) is 0 Å². The standard InChI is InChI=1S/C21H22N4O7S/c1-29-16-9-13(10-17(30-2)20(16)32-4)21(26)24-14-5-7-15(8-6-14)33(27,28)25-18-11-19(31-3)23-12-22-18/h5-12H,1-4H3,(H,24,26)(H,22,23,25). The van der Waals surface area contributed by atoms with Crippen molar-refractivity contribution >= 4 is 27.4 Å². The van der Waals surface area contributed by atoms with Crippen LogP contribution in [0.15, 0.2) is 53.7 Å². The maximum atomic E-state index is 12.7. The van der Waals surface area contributed by atoms with Gasteiger partial charge in [-0.05, 0) is 36.4 Å². The van der Waals surface area contributed by atoms with E-state index in [2.05, 4.69) is 20.0 Å². The lowest BCUT2D eigenvalue weighted by Crippen LogP contribution is -2.15. The first-order valence-corrected chi connectivity index (χ1v) is 10.9. The Morgan fingerprint density at radius 2 is 1.48 bits per heavy atom. The van der Waals surface area contributed by atoms with Gasteiger partial charge < -0.3 is 24.3 Å². The topological polar surface area (TPSA) is 138 Å². The quantitative estimate of drug-likeness (QED) is 0.479. The number of rotatable bonds is 9. The Kier molecular flexibility index (Phi) is 7.18. The highest BCUT2D eigenvalue weighted by atomic mass is 32.2. The average Bonchev–Trinajstić information content (AvgIpc) is 2.83. The van der Waals surface area contributed by atoms with Gasteiger partial charge in [0.15, 0.2) is 11.5 Å². The Morgan fingerprint density at radius 1 is 0.848 bits per heavy atom. The third-order valence-electron chi connectivity index (χ3n) is 4.44. The summed E-state index contributed by atoms with van der Waals surface area (Å²) >= 11 is 0. The molecular weight excluding hydrogens is 452 g/mol. The molecular formula is C21H22N4O7S. The number of hydrogen-bond donors (Lipinski definition) is 2. The van der Waals surface area contributed by atoms with Crippen molar-refractivity contribution in [3.05, 3.63) is 54.4 Å². The smallest absolute Gasteiger partial charge is 0.263 e. The predicted molar refractivity (Wildman–Crippen MR) is 120 cm³/mol. The molecule has 0 saturated carbocycles. The van der Waals surface area contributed by atoms with Gasteiger partial charge in [0, 0.05) is 17.3 Å². The van der Waals surface area contributed by atoms with Gasteiger partial charge >= 0.3 is 0 Å². The van der Waals surface area contributed by atoms with E-state index in [1.807, 2.05) is 0 Å². The van der Waals surface area contributed by atoms with Gasteiger partial charge in [-0.3, -0.25) is 9.52 Å². The molecule has 0 spiro atoms. The van der Waals surface area contributed by atoms with Gasteiger partial charge in [-0.1, -0.05) is 0 Å². The van der Waals surface area contributed by atoms with Gasteiger partial charge in [0.05, 0.1) is 33.3 Å². The van der Waals surface area contributed by atoms with E-state index in [0.29, 0.717) is 22.9 Å². The molecule has 0 radical (unpaired) electrons. The fourth-order valence-electron chi connectivity index (χ4n) is 2.84. The minimum atomic E-state index is -3.92. The monoisotopic (exact) mass is 474 g/mol. The molecule has 0 saturated heterocycles. The Labute approximate surface area is 190 Å². The highest BCUT2D eigenvalue weighted by molar-refractivity contribution is 7.92. The molecule has 1 amide bonds. The molecule has 1 heterocycles. The highest BCUT2D eigenvalue weighted by Gasteiger charge is 2.18. The molecule has 0 fully saturated rings. The summed E-state index contributed by atoms with van der Waals surface area (Å²) in [4.78, 5) is 20.4. The number of anilines is 2. The lowest BCUT2D eigenvalue weighted by Gasteiger charge is -2.14. The largest absolute Gasteiger partial charge is 0.493 e. The maximum absolute atomic E-state index is 12.7. The number of amides is 1. The molecule has 2 aromatic carbocycles. The summed E-state index contributed by atoms with van der Waals surface area (Å²) in [5, 5.41) is 2.70. The zero-order valence-corrected chi connectivity index (χ0v) is 19.1. The van der Waals surface area contributed by atoms with Gasteiger partial charge in [-0.2, -0.15) is 0 Å². The van der Waals surface area contributed by atoms with E-state index in [9.17, 15) is 13.2 Å². The fraction of sp³-hybridized carbons (Fsp3) is 0.190. The van der Waals surface area contributed by atoms with E-state index in [4.69, 9.17) is 18.9 Å². The van der Waals surface area contributed by atoms with Crippen molar-refractivity contribution in [2.45, 2.75) is 4.90 Å². The van der Waals surface area contributed by atoms with Gasteiger partial charge in [-0.15, -0.1) is 0 Å². The van der Waals surface area contributed by atoms with Crippen molar-refractivity contribution in [2.75, 3.05) is 38.5 Å². The summed E-state index contributed by atoms with van der Waals surface area (Å²) in [5.74, 6) is 0.844. The zero-order chi connectivity index (χ0) is 24.0. The number of aromatic nitrogens is 2. The Hall–Kier alpha value is -4.06. The zero-order valence-electron chi connectivity index (χ0n) is 18.3. The van der Waals surface area contributed by atoms with Crippen LogP contribution in [0.2, 0.25) is 0 Å². The van der Waals surface area contributed by atoms with E-state index in [1.54, 1.807) is 0 Å². The van der Waals surface area contributed by atoms with E-state index in [1.165, 1.54) is 77.2 Å². The molecule has 0 bridgehead atoms. The number of benzene rings is 2. The van der Waals surface area contributed by atoms with Gasteiger partial charge in [0.25, 0.3) is 15.9 Å². The van der Waals surface area contributed by atoms with Crippen LogP contribution >= 0.6 is 0 Å². The minimum absolute atomic E-state index is 0.0223. The SMILES string of the molecule is COc1cc(NS(=O)(=O)c2ccc(NC(=O)c3cc(OC)c(OC)c(OC)c3)cc2)ncn1. The number of carbonyl (C=O) groups is 1. The van der Waals surface area contributed by atoms with E-state index < -0.39 is 15.9 Å². The van der Waals surface area contributed by atoms with Crippen LogP contribution in [0.5, 0.6) is 23.1 Å². The molecule has 3 aromatic rings. The highest BCUT2D eigenvalue weighted by Crippen LogP contribution is 2.38. The number of nitrogens with zero attached hydrogens (tertiary/aromatic N) is 2. The first-order valence-electron chi connectivity index (χ1n) is 9.41. The summed E-state index contributed by atoms with van der Waals surface area (Å²) in [6, 6.07) is 10.0. The molecule has 0 aliphatic heterocycles. The minimum Gasteiger partial charge on any atom is -0.493 e. The summed E-state index contributed by atoms with van der Waals surface area (Å²) in [5.41, 5.74) is 0.650. The summed E-state index contributed by atoms with van der Waals surface area (Å²) < 4.78 is 48.3. The van der Waals surface area contributed by atoms with Crippen LogP contribution in [0.25, 0.3) is 0 Å². The van der Waals surface area contributed by atoms with Crippen molar-refractivity contribution in [3.63, 3.8) is 0 Å². The molecule has 12 heteroatoms. The van der Waals surface area contributed by atoms with Crippen molar-refractivity contribution in [2.24, 2.45) is 0 Å². The fourth-order valence-corrected chi connectivity index (χ4v) is 3.84. The number of hydrogen-bond acceptors (Lipinski definition) is 9. The molecule has 1 aromatic heterocycles. The maximum Gasteiger partial charge on any atom is 0.263 e. The van der Waals surface area contributed by atoms with Crippen LogP contribution in [0.1, 0.15) is 10.4 Å². The van der Waals surface area contributed by atoms with E-state index >= 15 is 0 Å². The van der Waals surface area contributed by atoms with Gasteiger partial charge in [0.1, 0.15) is 12.1 Å². The first-order chi connectivity index (χ1) is 15.8. The third kappa shape index (κ3) is 5.41. The molecule has 174 valence electrons. The number of ether oxygens (including phenoxy) is 4. The second kappa shape index (κ2) is 10.0. The van der Waals surface area contributed by atoms with Crippen LogP contribution < -0.4 is 29.0 Å². The Morgan fingerprint density at radius 3 is 2.03 bits per heavy atom. The number of sulfonamides is 1. The summed E-state index contributed by atoms with van der Waals surface area (Å²) in [7, 11) is 1.85. The Bertz CT molecular complexity index is 1220. The molecule has 2 N–H and O–H groups in total. The lowest BCUT2D eigenvalue weighted by atomic mass is 10.1. The van der Waals surface area contributed by atoms with E-state index in [0.717, 1.165) is 0 Å². The van der Waals surface area contributed by atoms with Crippen LogP contribution in [0.4, 0.5) is 11.5 Å². The number of methoxy groups -OCH3 is 4. The van der Waals surface area contributed by atoms with Crippen molar-refractivity contribution in [1.29, 1.82) is 0 Å². The lowest BCUT2D eigenvalue weighted by molar-refractivity contribution is 0.102. The number of carbonyl (C=O) groups excluding carboxylic acids is 1. The first kappa shape index (κ1) is 23.6. The van der Waals surface area contributed by atoms with Gasteiger partial charge in [-0.25, -0.2) is 18.4 Å². The molecule has 0 aliphatic rings. The van der Waals surface area contributed by atoms with Crippen LogP contribution in [-0.4, -0.2) is 52.7 Å². The van der Waals surface area contributed by atoms with Crippen LogP contribution in [-0.2, 0) is 10.0 Å². The molecule has 0 atom stereocenters. The van der Waals surface area contributed by atoms with Gasteiger partial charge in [0.2, 0.25) is 11.6 Å². The third-order valence-corrected chi connectivity index (χ3v) is 5.81. The molecule has 3 rings (SSSR count). The Balaban J connectivity index is 1.77. The average molecular weight is 474 g/mol. The molecule has 0 unspecified atom stereocenters. The van der Waals surface area contributed by atoms with Crippen molar-refractivity contribution in [3.8, 4) is 23.1 Å². The normalized spacial score (nSPS) is 10.8. The molecule has 33 heavy (non-hydrogen) atoms. The predicted octanol–water partition coefficient (Wildman–Crippen LogP) is 2.56. The van der Waals surface area contributed by atoms with Crippen molar-refractivity contribution in [1.82, 2.24) is 9.97 Å².